The van der Waals surface area contributed by atoms with Crippen LogP contribution in [0.2, 0.25) is 0 Å². The fourth-order valence-corrected chi connectivity index (χ4v) is 1.71. The van der Waals surface area contributed by atoms with Gasteiger partial charge in [0.05, 0.1) is 0 Å². The lowest BCUT2D eigenvalue weighted by molar-refractivity contribution is 0.168. The summed E-state index contributed by atoms with van der Waals surface area (Å²) in [4.78, 5) is 2.54. The van der Waals surface area contributed by atoms with Crippen molar-refractivity contribution in [2.75, 3.05) is 19.6 Å². The number of hydrogen-bond acceptors (Lipinski definition) is 2. The number of nitrogens with two attached hydrogens (primary N) is 1. The van der Waals surface area contributed by atoms with Crippen LogP contribution in [0.3, 0.4) is 0 Å². The molecule has 2 N–H and O–H groups in total. The van der Waals surface area contributed by atoms with Crippen LogP contribution < -0.4 is 5.73 Å². The molecule has 0 rings (SSSR count). The van der Waals surface area contributed by atoms with Crippen molar-refractivity contribution in [2.24, 2.45) is 17.6 Å². The summed E-state index contributed by atoms with van der Waals surface area (Å²) >= 11 is 0. The Morgan fingerprint density at radius 2 is 1.71 bits per heavy atom. The van der Waals surface area contributed by atoms with Gasteiger partial charge in [0.1, 0.15) is 0 Å². The van der Waals surface area contributed by atoms with E-state index in [2.05, 4.69) is 39.5 Å². The van der Waals surface area contributed by atoms with Crippen LogP contribution >= 0.6 is 0 Å². The van der Waals surface area contributed by atoms with Gasteiger partial charge in [0.25, 0.3) is 0 Å². The van der Waals surface area contributed by atoms with Crippen LogP contribution in [0.25, 0.3) is 0 Å². The molecule has 0 aliphatic rings. The van der Waals surface area contributed by atoms with E-state index in [1.807, 2.05) is 0 Å². The van der Waals surface area contributed by atoms with E-state index < -0.39 is 0 Å². The topological polar surface area (TPSA) is 29.3 Å². The fraction of sp³-hybridized carbons (Fsp3) is 1.00. The molecular formula is C12H28N2. The van der Waals surface area contributed by atoms with Crippen LogP contribution in [0.4, 0.5) is 0 Å². The van der Waals surface area contributed by atoms with Gasteiger partial charge < -0.3 is 10.6 Å². The molecule has 2 heteroatoms. The number of nitrogens with zero attached hydrogens (tertiary/aromatic N) is 1. The molecular weight excluding hydrogens is 172 g/mol. The molecule has 0 aromatic heterocycles. The maximum absolute atomic E-state index is 5.79. The normalized spacial score (nSPS) is 14.4. The summed E-state index contributed by atoms with van der Waals surface area (Å²) in [5.74, 6) is 1.34. The van der Waals surface area contributed by atoms with Crippen molar-refractivity contribution in [1.29, 1.82) is 0 Å². The van der Waals surface area contributed by atoms with Gasteiger partial charge in [-0.3, -0.25) is 0 Å². The zero-order chi connectivity index (χ0) is 11.1. The third-order valence-electron chi connectivity index (χ3n) is 2.96. The second kappa shape index (κ2) is 7.24. The average molecular weight is 200 g/mol. The Bertz CT molecular complexity index is 132. The molecule has 2 nitrogen and oxygen atoms in total. The van der Waals surface area contributed by atoms with E-state index in [9.17, 15) is 0 Å². The highest BCUT2D eigenvalue weighted by atomic mass is 15.1. The lowest BCUT2D eigenvalue weighted by Crippen LogP contribution is -2.39. The largest absolute Gasteiger partial charge is 0.330 e. The van der Waals surface area contributed by atoms with Gasteiger partial charge in [-0.2, -0.15) is 0 Å². The van der Waals surface area contributed by atoms with E-state index >= 15 is 0 Å². The van der Waals surface area contributed by atoms with Gasteiger partial charge in [-0.25, -0.2) is 0 Å². The molecule has 0 fully saturated rings. The summed E-state index contributed by atoms with van der Waals surface area (Å²) in [6.07, 6.45) is 1.23. The summed E-state index contributed by atoms with van der Waals surface area (Å²) in [5.41, 5.74) is 5.79. The second-order valence-corrected chi connectivity index (χ2v) is 4.83. The monoisotopic (exact) mass is 200 g/mol. The third kappa shape index (κ3) is 4.97. The van der Waals surface area contributed by atoms with Gasteiger partial charge in [-0.05, 0) is 45.2 Å². The molecule has 86 valence electrons. The average Bonchev–Trinajstić information content (AvgIpc) is 2.11. The van der Waals surface area contributed by atoms with Crippen LogP contribution in [0.5, 0.6) is 0 Å². The van der Waals surface area contributed by atoms with Crippen molar-refractivity contribution in [2.45, 2.75) is 47.1 Å². The summed E-state index contributed by atoms with van der Waals surface area (Å²) in [6.45, 7) is 14.5. The van der Waals surface area contributed by atoms with E-state index in [0.29, 0.717) is 17.9 Å². The standard InChI is InChI=1S/C12H28N2/c1-6-7-14(11(4)5)9-12(8-13)10(2)3/h10-12H,6-9,13H2,1-5H3. The molecule has 0 spiro atoms. The molecule has 0 heterocycles. The van der Waals surface area contributed by atoms with Crippen molar-refractivity contribution in [3.8, 4) is 0 Å². The van der Waals surface area contributed by atoms with Crippen molar-refractivity contribution in [3.63, 3.8) is 0 Å². The smallest absolute Gasteiger partial charge is 0.00387 e. The molecule has 0 aromatic rings. The number of hydrogen-bond donors (Lipinski definition) is 1. The molecule has 0 aliphatic carbocycles. The first-order valence-corrected chi connectivity index (χ1v) is 5.97. The summed E-state index contributed by atoms with van der Waals surface area (Å²) in [7, 11) is 0. The van der Waals surface area contributed by atoms with E-state index in [0.717, 1.165) is 13.1 Å². The molecule has 0 saturated carbocycles. The molecule has 1 unspecified atom stereocenters. The van der Waals surface area contributed by atoms with Gasteiger partial charge in [0.15, 0.2) is 0 Å². The first-order valence-electron chi connectivity index (χ1n) is 5.97. The lowest BCUT2D eigenvalue weighted by Gasteiger charge is -2.31. The second-order valence-electron chi connectivity index (χ2n) is 4.83. The molecule has 0 aromatic carbocycles. The first kappa shape index (κ1) is 13.9. The quantitative estimate of drug-likeness (QED) is 0.683. The summed E-state index contributed by atoms with van der Waals surface area (Å²) < 4.78 is 0. The van der Waals surface area contributed by atoms with Gasteiger partial charge in [0, 0.05) is 12.6 Å². The van der Waals surface area contributed by atoms with Crippen LogP contribution in [-0.4, -0.2) is 30.6 Å². The van der Waals surface area contributed by atoms with Crippen molar-refractivity contribution >= 4 is 0 Å². The van der Waals surface area contributed by atoms with Crippen molar-refractivity contribution in [1.82, 2.24) is 4.90 Å². The third-order valence-corrected chi connectivity index (χ3v) is 2.96. The van der Waals surface area contributed by atoms with Crippen molar-refractivity contribution < 1.29 is 0 Å². The van der Waals surface area contributed by atoms with Crippen LogP contribution in [0.1, 0.15) is 41.0 Å². The highest BCUT2D eigenvalue weighted by molar-refractivity contribution is 4.71. The van der Waals surface area contributed by atoms with E-state index in [4.69, 9.17) is 5.73 Å². The predicted molar refractivity (Wildman–Crippen MR) is 64.4 cm³/mol. The van der Waals surface area contributed by atoms with Gasteiger partial charge in [0.2, 0.25) is 0 Å². The molecule has 0 aliphatic heterocycles. The lowest BCUT2D eigenvalue weighted by atomic mass is 9.95. The predicted octanol–water partition coefficient (Wildman–Crippen LogP) is 2.34. The first-order chi connectivity index (χ1) is 6.52. The Labute approximate surface area is 89.9 Å². The number of rotatable bonds is 7. The minimum Gasteiger partial charge on any atom is -0.330 e. The zero-order valence-electron chi connectivity index (χ0n) is 10.6. The fourth-order valence-electron chi connectivity index (χ4n) is 1.71. The SMILES string of the molecule is CCCN(CC(CN)C(C)C)C(C)C. The maximum Gasteiger partial charge on any atom is 0.00387 e. The maximum atomic E-state index is 5.79. The molecule has 14 heavy (non-hydrogen) atoms. The van der Waals surface area contributed by atoms with E-state index in [-0.39, 0.29) is 0 Å². The Kier molecular flexibility index (Phi) is 7.20. The molecule has 1 atom stereocenters. The van der Waals surface area contributed by atoms with Crippen LogP contribution in [0.15, 0.2) is 0 Å². The molecule has 0 bridgehead atoms. The Morgan fingerprint density at radius 3 is 2.00 bits per heavy atom. The molecule has 0 radical (unpaired) electrons. The summed E-state index contributed by atoms with van der Waals surface area (Å²) in [5, 5.41) is 0. The Hall–Kier alpha value is -0.0800. The van der Waals surface area contributed by atoms with Gasteiger partial charge in [-0.15, -0.1) is 0 Å². The Balaban J connectivity index is 4.11. The zero-order valence-corrected chi connectivity index (χ0v) is 10.6. The minimum absolute atomic E-state index is 0.641. The van der Waals surface area contributed by atoms with Crippen LogP contribution in [0, 0.1) is 11.8 Å². The van der Waals surface area contributed by atoms with Gasteiger partial charge >= 0.3 is 0 Å². The van der Waals surface area contributed by atoms with Crippen molar-refractivity contribution in [3.05, 3.63) is 0 Å². The minimum atomic E-state index is 0.641. The summed E-state index contributed by atoms with van der Waals surface area (Å²) in [6, 6.07) is 0.641. The van der Waals surface area contributed by atoms with E-state index in [1.165, 1.54) is 13.0 Å². The Morgan fingerprint density at radius 1 is 1.14 bits per heavy atom. The molecule has 0 saturated heterocycles. The van der Waals surface area contributed by atoms with Crippen LogP contribution in [-0.2, 0) is 0 Å². The van der Waals surface area contributed by atoms with E-state index in [1.54, 1.807) is 0 Å². The highest BCUT2D eigenvalue weighted by Gasteiger charge is 2.17. The van der Waals surface area contributed by atoms with Gasteiger partial charge in [-0.1, -0.05) is 20.8 Å². The highest BCUT2D eigenvalue weighted by Crippen LogP contribution is 2.13. The molecule has 0 amide bonds.